The van der Waals surface area contributed by atoms with Crippen LogP contribution >= 0.6 is 0 Å². The molecule has 164 valence electrons. The van der Waals surface area contributed by atoms with Gasteiger partial charge in [0.1, 0.15) is 17.9 Å². The van der Waals surface area contributed by atoms with E-state index in [0.29, 0.717) is 18.4 Å². The highest BCUT2D eigenvalue weighted by atomic mass is 16.5. The molecule has 0 N–H and O–H groups in total. The summed E-state index contributed by atoms with van der Waals surface area (Å²) in [6.45, 7) is 9.39. The molecule has 2 atom stereocenters. The zero-order valence-corrected chi connectivity index (χ0v) is 19.0. The summed E-state index contributed by atoms with van der Waals surface area (Å²) in [5.41, 5.74) is 4.34. The van der Waals surface area contributed by atoms with Gasteiger partial charge in [0.15, 0.2) is 5.65 Å². The smallest absolute Gasteiger partial charge is 0.150 e. The summed E-state index contributed by atoms with van der Waals surface area (Å²) in [6.07, 6.45) is 5.18. The van der Waals surface area contributed by atoms with Crippen LogP contribution in [0.15, 0.2) is 67.1 Å². The first-order chi connectivity index (χ1) is 15.6. The molecule has 5 heteroatoms. The number of benzene rings is 2. The predicted octanol–water partition coefficient (Wildman–Crippen LogP) is 5.97. The summed E-state index contributed by atoms with van der Waals surface area (Å²) in [6, 6.07) is 18.8. The van der Waals surface area contributed by atoms with Gasteiger partial charge < -0.3 is 14.2 Å². The molecule has 4 aromatic rings. The number of hydrogen-bond acceptors (Lipinski definition) is 4. The first-order valence-electron chi connectivity index (χ1n) is 11.5. The third kappa shape index (κ3) is 3.83. The summed E-state index contributed by atoms with van der Waals surface area (Å²) in [5, 5.41) is 1.12. The van der Waals surface area contributed by atoms with Gasteiger partial charge in [0.05, 0.1) is 12.0 Å². The highest BCUT2D eigenvalue weighted by molar-refractivity contribution is 6.02. The fourth-order valence-electron chi connectivity index (χ4n) is 5.02. The summed E-state index contributed by atoms with van der Waals surface area (Å²) in [5.74, 6) is 3.22. The molecule has 32 heavy (non-hydrogen) atoms. The van der Waals surface area contributed by atoms with Crippen LogP contribution in [0.1, 0.15) is 27.2 Å². The molecule has 5 nitrogen and oxygen atoms in total. The second-order valence-corrected chi connectivity index (χ2v) is 8.95. The molecular weight excluding hydrogens is 396 g/mol. The van der Waals surface area contributed by atoms with Crippen LogP contribution in [-0.4, -0.2) is 34.2 Å². The van der Waals surface area contributed by atoms with E-state index in [2.05, 4.69) is 72.0 Å². The quantitative estimate of drug-likeness (QED) is 0.394. The number of fused-ring (bicyclic) bond motifs is 1. The van der Waals surface area contributed by atoms with E-state index in [1.165, 1.54) is 12.0 Å². The zero-order valence-electron chi connectivity index (χ0n) is 19.0. The van der Waals surface area contributed by atoms with Crippen molar-refractivity contribution in [3.63, 3.8) is 0 Å². The van der Waals surface area contributed by atoms with Crippen LogP contribution in [0.25, 0.3) is 27.8 Å². The number of nitrogens with zero attached hydrogens (tertiary/aromatic N) is 4. The van der Waals surface area contributed by atoms with E-state index < -0.39 is 0 Å². The monoisotopic (exact) mass is 426 g/mol. The van der Waals surface area contributed by atoms with E-state index in [1.807, 2.05) is 19.1 Å². The van der Waals surface area contributed by atoms with Gasteiger partial charge >= 0.3 is 0 Å². The maximum absolute atomic E-state index is 5.64. The van der Waals surface area contributed by atoms with Gasteiger partial charge in [0, 0.05) is 30.5 Å². The average molecular weight is 427 g/mol. The number of piperidine rings is 1. The van der Waals surface area contributed by atoms with Crippen molar-refractivity contribution < 1.29 is 4.74 Å². The molecule has 1 saturated heterocycles. The molecule has 0 spiro atoms. The lowest BCUT2D eigenvalue weighted by molar-refractivity contribution is 0.340. The van der Waals surface area contributed by atoms with Crippen molar-refractivity contribution in [3.8, 4) is 22.6 Å². The normalized spacial score (nSPS) is 18.8. The second kappa shape index (κ2) is 8.65. The van der Waals surface area contributed by atoms with Crippen LogP contribution in [0, 0.1) is 11.8 Å². The molecule has 0 saturated carbocycles. The van der Waals surface area contributed by atoms with Gasteiger partial charge in [-0.2, -0.15) is 0 Å². The van der Waals surface area contributed by atoms with Crippen molar-refractivity contribution in [2.24, 2.45) is 11.8 Å². The minimum atomic E-state index is 0.650. The minimum absolute atomic E-state index is 0.650. The Morgan fingerprint density at radius 3 is 2.34 bits per heavy atom. The van der Waals surface area contributed by atoms with E-state index in [1.54, 1.807) is 6.33 Å². The Bertz CT molecular complexity index is 1190. The lowest BCUT2D eigenvalue weighted by Gasteiger charge is -2.36. The highest BCUT2D eigenvalue weighted by Gasteiger charge is 2.26. The van der Waals surface area contributed by atoms with E-state index in [-0.39, 0.29) is 0 Å². The largest absolute Gasteiger partial charge is 0.494 e. The van der Waals surface area contributed by atoms with Crippen molar-refractivity contribution in [1.29, 1.82) is 0 Å². The third-order valence-electron chi connectivity index (χ3n) is 6.24. The van der Waals surface area contributed by atoms with Crippen LogP contribution in [0.5, 0.6) is 5.75 Å². The maximum atomic E-state index is 5.64. The van der Waals surface area contributed by atoms with Gasteiger partial charge in [-0.1, -0.05) is 44.2 Å². The summed E-state index contributed by atoms with van der Waals surface area (Å²) >= 11 is 0. The summed E-state index contributed by atoms with van der Waals surface area (Å²) in [4.78, 5) is 12.0. The molecule has 2 aromatic carbocycles. The average Bonchev–Trinajstić information content (AvgIpc) is 3.20. The maximum Gasteiger partial charge on any atom is 0.150 e. The standard InChI is InChI=1S/C27H30N4O/c1-4-32-23-12-10-22(11-13-23)31-17-24(21-8-6-5-7-9-21)25-26(28-18-29-27(25)31)30-15-19(2)14-20(3)16-30/h5-13,17-20H,4,14-16H2,1-3H3. The van der Waals surface area contributed by atoms with Gasteiger partial charge in [-0.3, -0.25) is 0 Å². The molecule has 0 amide bonds. The molecule has 1 fully saturated rings. The molecule has 1 aliphatic rings. The fourth-order valence-corrected chi connectivity index (χ4v) is 5.02. The number of anilines is 1. The molecule has 2 unspecified atom stereocenters. The molecule has 0 bridgehead atoms. The van der Waals surface area contributed by atoms with Gasteiger partial charge in [0.25, 0.3) is 0 Å². The SMILES string of the molecule is CCOc1ccc(-n2cc(-c3ccccc3)c3c(N4CC(C)CC(C)C4)ncnc32)cc1. The second-order valence-electron chi connectivity index (χ2n) is 8.95. The van der Waals surface area contributed by atoms with Crippen LogP contribution in [0.4, 0.5) is 5.82 Å². The van der Waals surface area contributed by atoms with E-state index >= 15 is 0 Å². The van der Waals surface area contributed by atoms with Gasteiger partial charge in [-0.15, -0.1) is 0 Å². The van der Waals surface area contributed by atoms with Crippen molar-refractivity contribution >= 4 is 16.9 Å². The summed E-state index contributed by atoms with van der Waals surface area (Å²) < 4.78 is 7.81. The lowest BCUT2D eigenvalue weighted by Crippen LogP contribution is -2.39. The predicted molar refractivity (Wildman–Crippen MR) is 131 cm³/mol. The van der Waals surface area contributed by atoms with Crippen LogP contribution in [0.3, 0.4) is 0 Å². The lowest BCUT2D eigenvalue weighted by atomic mass is 9.91. The van der Waals surface area contributed by atoms with E-state index in [4.69, 9.17) is 14.7 Å². The van der Waals surface area contributed by atoms with Gasteiger partial charge in [0.2, 0.25) is 0 Å². The zero-order chi connectivity index (χ0) is 22.1. The van der Waals surface area contributed by atoms with Crippen molar-refractivity contribution in [2.45, 2.75) is 27.2 Å². The Hall–Kier alpha value is -3.34. The molecule has 2 aromatic heterocycles. The van der Waals surface area contributed by atoms with E-state index in [0.717, 1.165) is 46.9 Å². The third-order valence-corrected chi connectivity index (χ3v) is 6.24. The first kappa shape index (κ1) is 20.6. The van der Waals surface area contributed by atoms with Crippen LogP contribution in [-0.2, 0) is 0 Å². The fraction of sp³-hybridized carbons (Fsp3) is 0.333. The topological polar surface area (TPSA) is 43.2 Å². The Balaban J connectivity index is 1.70. The Morgan fingerprint density at radius 2 is 1.66 bits per heavy atom. The summed E-state index contributed by atoms with van der Waals surface area (Å²) in [7, 11) is 0. The molecule has 0 aliphatic carbocycles. The Labute approximate surface area is 189 Å². The van der Waals surface area contributed by atoms with E-state index in [9.17, 15) is 0 Å². The van der Waals surface area contributed by atoms with Gasteiger partial charge in [-0.25, -0.2) is 9.97 Å². The first-order valence-corrected chi connectivity index (χ1v) is 11.5. The van der Waals surface area contributed by atoms with Crippen LogP contribution in [0.2, 0.25) is 0 Å². The van der Waals surface area contributed by atoms with Crippen LogP contribution < -0.4 is 9.64 Å². The van der Waals surface area contributed by atoms with Crippen molar-refractivity contribution in [2.75, 3.05) is 24.6 Å². The minimum Gasteiger partial charge on any atom is -0.494 e. The number of rotatable bonds is 5. The Morgan fingerprint density at radius 1 is 0.938 bits per heavy atom. The molecule has 5 rings (SSSR count). The highest BCUT2D eigenvalue weighted by Crippen LogP contribution is 2.38. The molecular formula is C27H30N4O. The molecule has 1 aliphatic heterocycles. The number of aromatic nitrogens is 3. The molecule has 0 radical (unpaired) electrons. The van der Waals surface area contributed by atoms with Crippen molar-refractivity contribution in [3.05, 3.63) is 67.1 Å². The number of hydrogen-bond donors (Lipinski definition) is 0. The Kier molecular flexibility index (Phi) is 5.56. The van der Waals surface area contributed by atoms with Crippen molar-refractivity contribution in [1.82, 2.24) is 14.5 Å². The number of ether oxygens (including phenoxy) is 1. The molecule has 3 heterocycles. The van der Waals surface area contributed by atoms with Gasteiger partial charge in [-0.05, 0) is 55.0 Å².